The Bertz CT molecular complexity index is 383. The number of aryl methyl sites for hydroxylation is 1. The van der Waals surface area contributed by atoms with Crippen molar-refractivity contribution < 1.29 is 0 Å². The van der Waals surface area contributed by atoms with Gasteiger partial charge in [0.2, 0.25) is 0 Å². The van der Waals surface area contributed by atoms with Gasteiger partial charge in [0.15, 0.2) is 0 Å². The van der Waals surface area contributed by atoms with Gasteiger partial charge in [-0.1, -0.05) is 13.3 Å². The van der Waals surface area contributed by atoms with Crippen LogP contribution in [-0.2, 0) is 6.54 Å². The summed E-state index contributed by atoms with van der Waals surface area (Å²) in [5.74, 6) is 2.78. The molecule has 0 atom stereocenters. The second-order valence-electron chi connectivity index (χ2n) is 5.19. The fraction of sp³-hybridized carbons (Fsp3) is 0.714. The number of rotatable bonds is 4. The molecule has 1 fully saturated rings. The molecule has 0 spiro atoms. The van der Waals surface area contributed by atoms with Gasteiger partial charge in [-0.25, -0.2) is 9.97 Å². The van der Waals surface area contributed by atoms with Gasteiger partial charge in [0, 0.05) is 18.8 Å². The summed E-state index contributed by atoms with van der Waals surface area (Å²) >= 11 is 0. The number of nitrogens with one attached hydrogen (secondary N) is 1. The molecule has 1 aliphatic heterocycles. The Morgan fingerprint density at radius 3 is 2.67 bits per heavy atom. The molecule has 18 heavy (non-hydrogen) atoms. The Kier molecular flexibility index (Phi) is 4.53. The quantitative estimate of drug-likeness (QED) is 0.888. The fourth-order valence-electron chi connectivity index (χ4n) is 2.58. The number of likely N-dealkylation sites (tertiary alicyclic amines) is 1. The highest BCUT2D eigenvalue weighted by atomic mass is 15.2. The molecule has 2 heterocycles. The molecule has 1 aromatic heterocycles. The molecule has 2 rings (SSSR count). The van der Waals surface area contributed by atoms with Crippen molar-refractivity contribution in [3.63, 3.8) is 0 Å². The van der Waals surface area contributed by atoms with E-state index in [1.165, 1.54) is 32.4 Å². The lowest BCUT2D eigenvalue weighted by Gasteiger charge is -2.30. The van der Waals surface area contributed by atoms with Crippen molar-refractivity contribution in [2.24, 2.45) is 5.92 Å². The first-order valence-electron chi connectivity index (χ1n) is 6.96. The molecule has 0 bridgehead atoms. The smallest absolute Gasteiger partial charge is 0.144 e. The average Bonchev–Trinajstić information content (AvgIpc) is 2.39. The van der Waals surface area contributed by atoms with Crippen molar-refractivity contribution in [3.05, 3.63) is 17.6 Å². The zero-order valence-electron chi connectivity index (χ0n) is 11.7. The monoisotopic (exact) mass is 248 g/mol. The summed E-state index contributed by atoms with van der Waals surface area (Å²) in [6.45, 7) is 7.57. The number of hydrogen-bond donors (Lipinski definition) is 1. The topological polar surface area (TPSA) is 41.1 Å². The second kappa shape index (κ2) is 6.14. The maximum absolute atomic E-state index is 4.52. The zero-order chi connectivity index (χ0) is 13.0. The van der Waals surface area contributed by atoms with E-state index >= 15 is 0 Å². The number of aromatic nitrogens is 2. The third kappa shape index (κ3) is 3.42. The van der Waals surface area contributed by atoms with Crippen molar-refractivity contribution in [2.75, 3.05) is 25.5 Å². The minimum Gasteiger partial charge on any atom is -0.373 e. The molecule has 0 saturated carbocycles. The molecule has 4 nitrogen and oxygen atoms in total. The van der Waals surface area contributed by atoms with E-state index in [1.807, 2.05) is 20.0 Å². The highest BCUT2D eigenvalue weighted by Gasteiger charge is 2.18. The number of nitrogens with zero attached hydrogens (tertiary/aromatic N) is 3. The Labute approximate surface area is 110 Å². The SMILES string of the molecule is CCC1CCN(Cc2nc(C)cc(NC)n2)CC1. The van der Waals surface area contributed by atoms with E-state index in [9.17, 15) is 0 Å². The average molecular weight is 248 g/mol. The molecule has 0 aromatic carbocycles. The van der Waals surface area contributed by atoms with Gasteiger partial charge in [0.25, 0.3) is 0 Å². The zero-order valence-corrected chi connectivity index (χ0v) is 11.7. The summed E-state index contributed by atoms with van der Waals surface area (Å²) in [6.07, 6.45) is 3.96. The predicted octanol–water partition coefficient (Wildman–Crippen LogP) is 2.45. The molecule has 1 aromatic rings. The third-order valence-electron chi connectivity index (χ3n) is 3.81. The molecule has 0 unspecified atom stereocenters. The van der Waals surface area contributed by atoms with Crippen LogP contribution >= 0.6 is 0 Å². The van der Waals surface area contributed by atoms with Crippen molar-refractivity contribution in [1.29, 1.82) is 0 Å². The predicted molar refractivity (Wildman–Crippen MR) is 74.6 cm³/mol. The van der Waals surface area contributed by atoms with Crippen LogP contribution in [0.25, 0.3) is 0 Å². The van der Waals surface area contributed by atoms with Gasteiger partial charge >= 0.3 is 0 Å². The van der Waals surface area contributed by atoms with E-state index in [0.717, 1.165) is 29.8 Å². The Morgan fingerprint density at radius 2 is 2.06 bits per heavy atom. The van der Waals surface area contributed by atoms with Gasteiger partial charge in [0.1, 0.15) is 11.6 Å². The minimum absolute atomic E-state index is 0.882. The van der Waals surface area contributed by atoms with E-state index in [4.69, 9.17) is 0 Å². The normalized spacial score (nSPS) is 17.9. The summed E-state index contributed by atoms with van der Waals surface area (Å²) in [6, 6.07) is 1.98. The molecule has 0 aliphatic carbocycles. The molecule has 0 radical (unpaired) electrons. The van der Waals surface area contributed by atoms with Crippen LogP contribution < -0.4 is 5.32 Å². The first kappa shape index (κ1) is 13.3. The summed E-state index contributed by atoms with van der Waals surface area (Å²) in [5.41, 5.74) is 1.03. The van der Waals surface area contributed by atoms with Crippen molar-refractivity contribution in [2.45, 2.75) is 39.7 Å². The summed E-state index contributed by atoms with van der Waals surface area (Å²) in [5, 5.41) is 3.09. The molecular formula is C14H24N4. The van der Waals surface area contributed by atoms with Gasteiger partial charge < -0.3 is 5.32 Å². The Hall–Kier alpha value is -1.16. The summed E-state index contributed by atoms with van der Waals surface area (Å²) in [7, 11) is 1.90. The Morgan fingerprint density at radius 1 is 1.33 bits per heavy atom. The van der Waals surface area contributed by atoms with E-state index in [2.05, 4.69) is 27.1 Å². The minimum atomic E-state index is 0.882. The number of anilines is 1. The summed E-state index contributed by atoms with van der Waals surface area (Å²) < 4.78 is 0. The van der Waals surface area contributed by atoms with Crippen LogP contribution in [0.5, 0.6) is 0 Å². The fourth-order valence-corrected chi connectivity index (χ4v) is 2.58. The van der Waals surface area contributed by atoms with Gasteiger partial charge in [-0.05, 0) is 38.8 Å². The van der Waals surface area contributed by atoms with Crippen LogP contribution in [0.3, 0.4) is 0 Å². The van der Waals surface area contributed by atoms with Gasteiger partial charge in [-0.3, -0.25) is 4.90 Å². The lowest BCUT2D eigenvalue weighted by molar-refractivity contribution is 0.171. The van der Waals surface area contributed by atoms with Gasteiger partial charge in [-0.15, -0.1) is 0 Å². The maximum atomic E-state index is 4.52. The molecule has 1 saturated heterocycles. The molecule has 100 valence electrons. The highest BCUT2D eigenvalue weighted by Crippen LogP contribution is 2.21. The highest BCUT2D eigenvalue weighted by molar-refractivity contribution is 5.34. The molecule has 1 N–H and O–H groups in total. The standard InChI is InChI=1S/C14H24N4/c1-4-12-5-7-18(8-6-12)10-14-16-11(2)9-13(15-3)17-14/h9,12H,4-8,10H2,1-3H3,(H,15,16,17). The van der Waals surface area contributed by atoms with Gasteiger partial charge in [0.05, 0.1) is 6.54 Å². The first-order valence-corrected chi connectivity index (χ1v) is 6.96. The number of hydrogen-bond acceptors (Lipinski definition) is 4. The molecule has 0 amide bonds. The van der Waals surface area contributed by atoms with Gasteiger partial charge in [-0.2, -0.15) is 0 Å². The lowest BCUT2D eigenvalue weighted by atomic mass is 9.94. The van der Waals surface area contributed by atoms with Crippen LogP contribution in [-0.4, -0.2) is 35.0 Å². The molecular weight excluding hydrogens is 224 g/mol. The van der Waals surface area contributed by atoms with Crippen molar-refractivity contribution in [3.8, 4) is 0 Å². The lowest BCUT2D eigenvalue weighted by Crippen LogP contribution is -2.33. The van der Waals surface area contributed by atoms with Crippen LogP contribution in [0.2, 0.25) is 0 Å². The largest absolute Gasteiger partial charge is 0.373 e. The maximum Gasteiger partial charge on any atom is 0.144 e. The van der Waals surface area contributed by atoms with Crippen LogP contribution in [0, 0.1) is 12.8 Å². The van der Waals surface area contributed by atoms with Crippen LogP contribution in [0.1, 0.15) is 37.7 Å². The van der Waals surface area contributed by atoms with E-state index in [1.54, 1.807) is 0 Å². The van der Waals surface area contributed by atoms with E-state index < -0.39 is 0 Å². The Balaban J connectivity index is 1.95. The second-order valence-corrected chi connectivity index (χ2v) is 5.19. The molecule has 4 heteroatoms. The number of piperidine rings is 1. The van der Waals surface area contributed by atoms with Crippen LogP contribution in [0.4, 0.5) is 5.82 Å². The van der Waals surface area contributed by atoms with Crippen LogP contribution in [0.15, 0.2) is 6.07 Å². The summed E-state index contributed by atoms with van der Waals surface area (Å²) in [4.78, 5) is 11.5. The first-order chi connectivity index (χ1) is 8.71. The van der Waals surface area contributed by atoms with E-state index in [-0.39, 0.29) is 0 Å². The van der Waals surface area contributed by atoms with Crippen molar-refractivity contribution in [1.82, 2.24) is 14.9 Å². The van der Waals surface area contributed by atoms with E-state index in [0.29, 0.717) is 0 Å². The third-order valence-corrected chi connectivity index (χ3v) is 3.81. The molecule has 1 aliphatic rings. The van der Waals surface area contributed by atoms with Crippen molar-refractivity contribution >= 4 is 5.82 Å².